The van der Waals surface area contributed by atoms with Crippen molar-refractivity contribution in [2.45, 2.75) is 0 Å². The summed E-state index contributed by atoms with van der Waals surface area (Å²) in [7, 11) is 0. The molecule has 4 heteroatoms. The van der Waals surface area contributed by atoms with Crippen LogP contribution >= 0.6 is 27.3 Å². The summed E-state index contributed by atoms with van der Waals surface area (Å²) in [6, 6.07) is -0.392. The van der Waals surface area contributed by atoms with Crippen LogP contribution in [0, 0.1) is 0 Å². The van der Waals surface area contributed by atoms with Crippen molar-refractivity contribution in [1.82, 2.24) is 5.32 Å². The number of nitrogens with zero attached hydrogens (tertiary/aromatic N) is 1. The molecule has 0 unspecified atom stereocenters. The van der Waals surface area contributed by atoms with E-state index in [0.717, 1.165) is 0 Å². The van der Waals surface area contributed by atoms with E-state index in [1.807, 2.05) is 0 Å². The summed E-state index contributed by atoms with van der Waals surface area (Å²) in [5, 5.41) is 1.19. The van der Waals surface area contributed by atoms with Crippen molar-refractivity contribution >= 4 is 32.3 Å². The van der Waals surface area contributed by atoms with Gasteiger partial charge in [-0.2, -0.15) is 0 Å². The molecule has 1 aliphatic heterocycles. The molecule has 0 aliphatic carbocycles. The second kappa shape index (κ2) is 3.77. The molecule has 0 bridgehead atoms. The minimum absolute atomic E-state index is 0.0127. The molecule has 12 heavy (non-hydrogen) atoms. The number of nitrogens with one attached hydrogen (secondary N) is 1. The molecule has 1 aromatic rings. The van der Waals surface area contributed by atoms with Crippen LogP contribution in [0.2, 0.25) is 0 Å². The summed E-state index contributed by atoms with van der Waals surface area (Å²) < 4.78 is 78.0. The van der Waals surface area contributed by atoms with Gasteiger partial charge in [0.15, 0.2) is 0 Å². The molecule has 1 aliphatic rings. The number of piperazine rings is 1. The second-order valence-electron chi connectivity index (χ2n) is 1.88. The maximum atomic E-state index is 7.93. The van der Waals surface area contributed by atoms with Gasteiger partial charge in [-0.05, 0) is 22.0 Å². The van der Waals surface area contributed by atoms with Gasteiger partial charge in [0.05, 0.1) is 13.2 Å². The van der Waals surface area contributed by atoms with Crippen LogP contribution in [0.4, 0.5) is 5.00 Å². The summed E-state index contributed by atoms with van der Waals surface area (Å²) in [6.45, 7) is -11.8. The highest BCUT2D eigenvalue weighted by Crippen LogP contribution is 2.28. The van der Waals surface area contributed by atoms with Crippen LogP contribution in [-0.4, -0.2) is 26.0 Å². The van der Waals surface area contributed by atoms with Gasteiger partial charge < -0.3 is 10.2 Å². The normalized spacial score (nSPS) is 47.2. The molecule has 0 amide bonds. The first kappa shape index (κ1) is 2.72. The van der Waals surface area contributed by atoms with Crippen molar-refractivity contribution in [2.75, 3.05) is 30.9 Å². The molecule has 1 fully saturated rings. The predicted octanol–water partition coefficient (Wildman–Crippen LogP) is 1.92. The van der Waals surface area contributed by atoms with Gasteiger partial charge in [0.25, 0.3) is 0 Å². The van der Waals surface area contributed by atoms with E-state index >= 15 is 0 Å². The Kier molecular flexibility index (Phi) is 0.852. The standard InChI is InChI=1S/C8H11BrN2S/c9-7-5-8(12-6-7)11-3-1-10-2-4-11/h5-6,10H,1-4H2/i1D2,2D2,3D2,4D2,5D,6D. The largest absolute Gasteiger partial charge is 0.361 e. The van der Waals surface area contributed by atoms with E-state index < -0.39 is 32.0 Å². The van der Waals surface area contributed by atoms with E-state index in [1.54, 1.807) is 5.32 Å². The highest BCUT2D eigenvalue weighted by Gasteiger charge is 2.11. The first-order valence-electron chi connectivity index (χ1n) is 8.02. The van der Waals surface area contributed by atoms with E-state index in [9.17, 15) is 0 Å². The molecule has 0 aromatic carbocycles. The molecule has 0 atom stereocenters. The predicted molar refractivity (Wildman–Crippen MR) is 57.1 cm³/mol. The molecule has 0 spiro atoms. The number of halogens is 1. The summed E-state index contributed by atoms with van der Waals surface area (Å²) in [4.78, 5) is 0.270. The van der Waals surface area contributed by atoms with Crippen LogP contribution in [0.1, 0.15) is 13.7 Å². The fraction of sp³-hybridized carbons (Fsp3) is 0.500. The monoisotopic (exact) mass is 256 g/mol. The van der Waals surface area contributed by atoms with Crippen molar-refractivity contribution in [3.63, 3.8) is 0 Å². The average molecular weight is 257 g/mol. The minimum Gasteiger partial charge on any atom is -0.361 e. The Hall–Kier alpha value is -0.0600. The Labute approximate surface area is 98.8 Å². The molecule has 2 nitrogen and oxygen atoms in total. The zero-order valence-electron chi connectivity index (χ0n) is 15.7. The molecular formula is C8H11BrN2S. The van der Waals surface area contributed by atoms with E-state index in [2.05, 4.69) is 15.9 Å². The van der Waals surface area contributed by atoms with Crippen molar-refractivity contribution in [2.24, 2.45) is 0 Å². The minimum atomic E-state index is -2.99. The van der Waals surface area contributed by atoms with Crippen molar-refractivity contribution < 1.29 is 13.7 Å². The quantitative estimate of drug-likeness (QED) is 0.827. The molecule has 0 radical (unpaired) electrons. The van der Waals surface area contributed by atoms with E-state index in [1.165, 1.54) is 0 Å². The van der Waals surface area contributed by atoms with Gasteiger partial charge in [0.1, 0.15) is 0 Å². The van der Waals surface area contributed by atoms with Gasteiger partial charge in [-0.3, -0.25) is 0 Å². The van der Waals surface area contributed by atoms with Gasteiger partial charge in [-0.15, -0.1) is 11.3 Å². The number of rotatable bonds is 1. The first-order valence-corrected chi connectivity index (χ1v) is 4.63. The molecular weight excluding hydrogens is 236 g/mol. The lowest BCUT2D eigenvalue weighted by molar-refractivity contribution is 0.592. The van der Waals surface area contributed by atoms with E-state index in [4.69, 9.17) is 13.7 Å². The number of anilines is 1. The SMILES string of the molecule is [2H]c1sc(N2C([2H])([2H])C([2H])([2H])NC([2H])([2H])C2([2H])[2H])c([2H])c1Br. The molecule has 2 heterocycles. The van der Waals surface area contributed by atoms with Gasteiger partial charge in [-0.25, -0.2) is 0 Å². The van der Waals surface area contributed by atoms with Gasteiger partial charge >= 0.3 is 0 Å². The Morgan fingerprint density at radius 2 is 2.42 bits per heavy atom. The smallest absolute Gasteiger partial charge is 0.0921 e. The van der Waals surface area contributed by atoms with E-state index in [0.29, 0.717) is 11.3 Å². The third kappa shape index (κ3) is 1.81. The summed E-state index contributed by atoms with van der Waals surface area (Å²) in [5.41, 5.74) is 0. The lowest BCUT2D eigenvalue weighted by atomic mass is 10.4. The number of hydrogen-bond acceptors (Lipinski definition) is 3. The van der Waals surface area contributed by atoms with Gasteiger partial charge in [-0.1, -0.05) is 0 Å². The fourth-order valence-electron chi connectivity index (χ4n) is 0.668. The molecule has 1 N–H and O–H groups in total. The summed E-state index contributed by atoms with van der Waals surface area (Å²) in [5.74, 6) is 0. The molecule has 66 valence electrons. The van der Waals surface area contributed by atoms with Gasteiger partial charge in [0, 0.05) is 41.3 Å². The highest BCUT2D eigenvalue weighted by molar-refractivity contribution is 9.10. The lowest BCUT2D eigenvalue weighted by Gasteiger charge is -2.27. The number of hydrogen-bond donors (Lipinski definition) is 1. The first-order chi connectivity index (χ1) is 9.67. The molecule has 2 rings (SSSR count). The number of thiophene rings is 1. The van der Waals surface area contributed by atoms with Crippen molar-refractivity contribution in [1.29, 1.82) is 0 Å². The van der Waals surface area contributed by atoms with Crippen LogP contribution in [0.25, 0.3) is 0 Å². The second-order valence-corrected chi connectivity index (χ2v) is 3.47. The van der Waals surface area contributed by atoms with Crippen molar-refractivity contribution in [3.8, 4) is 0 Å². The maximum Gasteiger partial charge on any atom is 0.0921 e. The molecule has 1 aromatic heterocycles. The fourth-order valence-corrected chi connectivity index (χ4v) is 1.80. The zero-order chi connectivity index (χ0) is 17.3. The van der Waals surface area contributed by atoms with E-state index in [-0.39, 0.29) is 19.7 Å². The average Bonchev–Trinajstić information content (AvgIpc) is 2.54. The summed E-state index contributed by atoms with van der Waals surface area (Å²) in [6.07, 6.45) is 0. The highest BCUT2D eigenvalue weighted by atomic mass is 79.9. The lowest BCUT2D eigenvalue weighted by Crippen LogP contribution is -2.43. The van der Waals surface area contributed by atoms with Gasteiger partial charge in [0.2, 0.25) is 0 Å². The molecule has 0 saturated carbocycles. The third-order valence-corrected chi connectivity index (χ3v) is 2.56. The third-order valence-electron chi connectivity index (χ3n) is 1.12. The summed E-state index contributed by atoms with van der Waals surface area (Å²) >= 11 is 3.53. The maximum absolute atomic E-state index is 7.93. The Bertz CT molecular complexity index is 588. The topological polar surface area (TPSA) is 15.3 Å². The Morgan fingerprint density at radius 1 is 1.67 bits per heavy atom. The Morgan fingerprint density at radius 3 is 3.00 bits per heavy atom. The Balaban J connectivity index is 2.75. The zero-order valence-corrected chi connectivity index (χ0v) is 8.14. The van der Waals surface area contributed by atoms with Crippen LogP contribution < -0.4 is 10.2 Å². The van der Waals surface area contributed by atoms with Crippen molar-refractivity contribution in [3.05, 3.63) is 15.9 Å². The van der Waals surface area contributed by atoms with Crippen LogP contribution in [-0.2, 0) is 0 Å². The molecule has 1 saturated heterocycles. The van der Waals surface area contributed by atoms with Crippen LogP contribution in [0.3, 0.4) is 0 Å². The van der Waals surface area contributed by atoms with Crippen LogP contribution in [0.5, 0.6) is 0 Å². The van der Waals surface area contributed by atoms with Crippen LogP contribution in [0.15, 0.2) is 15.9 Å².